The molecule has 2 aromatic rings. The number of carbonyl (C=O) groups is 1. The average molecular weight is 206 g/mol. The molecule has 0 fully saturated rings. The Balaban J connectivity index is 2.87. The molecule has 78 valence electrons. The van der Waals surface area contributed by atoms with Gasteiger partial charge in [0.1, 0.15) is 12.4 Å². The normalized spacial score (nSPS) is 10.8. The lowest BCUT2D eigenvalue weighted by Gasteiger charge is -2.01. The number of rotatable bonds is 2. The SMILES string of the molecule is Cc1cccc2c(C(=O)O)nc(CO)n12. The van der Waals surface area contributed by atoms with E-state index in [1.807, 2.05) is 13.0 Å². The third-order valence-corrected chi connectivity index (χ3v) is 2.27. The number of aromatic carboxylic acids is 1. The first kappa shape index (κ1) is 9.67. The molecule has 0 amide bonds. The molecule has 2 aromatic heterocycles. The van der Waals surface area contributed by atoms with Crippen molar-refractivity contribution in [1.29, 1.82) is 0 Å². The fourth-order valence-electron chi connectivity index (χ4n) is 1.64. The number of aryl methyl sites for hydroxylation is 1. The molecule has 0 unspecified atom stereocenters. The zero-order valence-corrected chi connectivity index (χ0v) is 8.14. The second-order valence-corrected chi connectivity index (χ2v) is 3.23. The molecule has 0 atom stereocenters. The van der Waals surface area contributed by atoms with E-state index < -0.39 is 5.97 Å². The molecule has 2 heterocycles. The van der Waals surface area contributed by atoms with Gasteiger partial charge in [-0.2, -0.15) is 0 Å². The Labute approximate surface area is 85.6 Å². The van der Waals surface area contributed by atoms with Crippen LogP contribution in [0.5, 0.6) is 0 Å². The van der Waals surface area contributed by atoms with Gasteiger partial charge in [0.15, 0.2) is 5.69 Å². The van der Waals surface area contributed by atoms with Crippen LogP contribution >= 0.6 is 0 Å². The maximum Gasteiger partial charge on any atom is 0.356 e. The molecular formula is C10H10N2O3. The Hall–Kier alpha value is -1.88. The topological polar surface area (TPSA) is 74.8 Å². The Morgan fingerprint density at radius 1 is 1.53 bits per heavy atom. The van der Waals surface area contributed by atoms with Gasteiger partial charge in [0.25, 0.3) is 0 Å². The lowest BCUT2D eigenvalue weighted by molar-refractivity contribution is 0.0693. The second-order valence-electron chi connectivity index (χ2n) is 3.23. The van der Waals surface area contributed by atoms with E-state index in [4.69, 9.17) is 10.2 Å². The van der Waals surface area contributed by atoms with Crippen molar-refractivity contribution < 1.29 is 15.0 Å². The molecule has 0 aliphatic heterocycles. The van der Waals surface area contributed by atoms with Gasteiger partial charge in [-0.05, 0) is 19.1 Å². The molecule has 0 aromatic carbocycles. The molecule has 0 spiro atoms. The van der Waals surface area contributed by atoms with Crippen LogP contribution < -0.4 is 0 Å². The van der Waals surface area contributed by atoms with E-state index in [1.54, 1.807) is 16.5 Å². The largest absolute Gasteiger partial charge is 0.476 e. The molecule has 0 radical (unpaired) electrons. The number of nitrogens with zero attached hydrogens (tertiary/aromatic N) is 2. The van der Waals surface area contributed by atoms with Crippen molar-refractivity contribution in [2.75, 3.05) is 0 Å². The van der Waals surface area contributed by atoms with Gasteiger partial charge in [-0.1, -0.05) is 6.07 Å². The van der Waals surface area contributed by atoms with Gasteiger partial charge in [0.2, 0.25) is 0 Å². The first-order chi connectivity index (χ1) is 7.15. The number of hydrogen-bond acceptors (Lipinski definition) is 3. The van der Waals surface area contributed by atoms with Gasteiger partial charge in [0, 0.05) is 5.69 Å². The lowest BCUT2D eigenvalue weighted by atomic mass is 10.3. The van der Waals surface area contributed by atoms with Crippen LogP contribution in [0.25, 0.3) is 5.52 Å². The van der Waals surface area contributed by atoms with Gasteiger partial charge in [-0.3, -0.25) is 4.40 Å². The summed E-state index contributed by atoms with van der Waals surface area (Å²) < 4.78 is 1.64. The fraction of sp³-hybridized carbons (Fsp3) is 0.200. The highest BCUT2D eigenvalue weighted by Crippen LogP contribution is 2.15. The van der Waals surface area contributed by atoms with Gasteiger partial charge in [-0.25, -0.2) is 9.78 Å². The van der Waals surface area contributed by atoms with Gasteiger partial charge in [-0.15, -0.1) is 0 Å². The van der Waals surface area contributed by atoms with E-state index >= 15 is 0 Å². The summed E-state index contributed by atoms with van der Waals surface area (Å²) >= 11 is 0. The number of aliphatic hydroxyl groups is 1. The number of aromatic nitrogens is 2. The maximum absolute atomic E-state index is 10.9. The predicted molar refractivity (Wildman–Crippen MR) is 52.8 cm³/mol. The van der Waals surface area contributed by atoms with Crippen molar-refractivity contribution in [3.8, 4) is 0 Å². The molecule has 15 heavy (non-hydrogen) atoms. The Bertz CT molecular complexity index is 531. The molecule has 2 rings (SSSR count). The molecule has 0 aliphatic rings. The molecular weight excluding hydrogens is 196 g/mol. The van der Waals surface area contributed by atoms with Crippen molar-refractivity contribution >= 4 is 11.5 Å². The van der Waals surface area contributed by atoms with E-state index in [-0.39, 0.29) is 12.3 Å². The molecule has 2 N–H and O–H groups in total. The highest BCUT2D eigenvalue weighted by molar-refractivity contribution is 5.93. The van der Waals surface area contributed by atoms with Crippen LogP contribution in [0.3, 0.4) is 0 Å². The van der Waals surface area contributed by atoms with Gasteiger partial charge < -0.3 is 10.2 Å². The minimum absolute atomic E-state index is 0.0252. The monoisotopic (exact) mass is 206 g/mol. The molecule has 5 nitrogen and oxygen atoms in total. The van der Waals surface area contributed by atoms with Crippen molar-refractivity contribution in [3.05, 3.63) is 35.4 Å². The summed E-state index contributed by atoms with van der Waals surface area (Å²) in [6.45, 7) is 1.55. The first-order valence-electron chi connectivity index (χ1n) is 4.46. The number of fused-ring (bicyclic) bond motifs is 1. The summed E-state index contributed by atoms with van der Waals surface area (Å²) in [6, 6.07) is 5.27. The third kappa shape index (κ3) is 1.37. The van der Waals surface area contributed by atoms with Crippen LogP contribution in [-0.2, 0) is 6.61 Å². The minimum Gasteiger partial charge on any atom is -0.476 e. The lowest BCUT2D eigenvalue weighted by Crippen LogP contribution is -1.97. The maximum atomic E-state index is 10.9. The summed E-state index contributed by atoms with van der Waals surface area (Å²) in [5.41, 5.74) is 1.32. The smallest absolute Gasteiger partial charge is 0.356 e. The summed E-state index contributed by atoms with van der Waals surface area (Å²) in [5.74, 6) is -0.738. The minimum atomic E-state index is -1.09. The zero-order chi connectivity index (χ0) is 11.0. The van der Waals surface area contributed by atoms with Crippen LogP contribution in [0.2, 0.25) is 0 Å². The Kier molecular flexibility index (Phi) is 2.17. The molecule has 0 aliphatic carbocycles. The number of carboxylic acids is 1. The summed E-state index contributed by atoms with van der Waals surface area (Å²) in [7, 11) is 0. The Morgan fingerprint density at radius 2 is 2.27 bits per heavy atom. The van der Waals surface area contributed by atoms with Gasteiger partial charge >= 0.3 is 5.97 Å². The standard InChI is InChI=1S/C10H10N2O3/c1-6-3-2-4-7-9(10(14)15)11-8(5-13)12(6)7/h2-4,13H,5H2,1H3,(H,14,15). The highest BCUT2D eigenvalue weighted by atomic mass is 16.4. The highest BCUT2D eigenvalue weighted by Gasteiger charge is 2.16. The van der Waals surface area contributed by atoms with E-state index in [2.05, 4.69) is 4.98 Å². The number of pyridine rings is 1. The van der Waals surface area contributed by atoms with Crippen LogP contribution in [0, 0.1) is 6.92 Å². The number of carboxylic acid groups (broad SMARTS) is 1. The van der Waals surface area contributed by atoms with E-state index in [0.29, 0.717) is 11.3 Å². The number of aliphatic hydroxyl groups excluding tert-OH is 1. The quantitative estimate of drug-likeness (QED) is 0.763. The number of imidazole rings is 1. The van der Waals surface area contributed by atoms with Crippen LogP contribution in [-0.4, -0.2) is 25.6 Å². The van der Waals surface area contributed by atoms with E-state index in [1.165, 1.54) is 0 Å². The molecule has 5 heteroatoms. The zero-order valence-electron chi connectivity index (χ0n) is 8.14. The second kappa shape index (κ2) is 3.36. The van der Waals surface area contributed by atoms with E-state index in [0.717, 1.165) is 5.69 Å². The molecule has 0 saturated heterocycles. The summed E-state index contributed by atoms with van der Waals surface area (Å²) in [5, 5.41) is 18.0. The van der Waals surface area contributed by atoms with Crippen LogP contribution in [0.15, 0.2) is 18.2 Å². The van der Waals surface area contributed by atoms with Gasteiger partial charge in [0.05, 0.1) is 5.52 Å². The first-order valence-corrected chi connectivity index (χ1v) is 4.46. The fourth-order valence-corrected chi connectivity index (χ4v) is 1.64. The summed E-state index contributed by atoms with van der Waals surface area (Å²) in [6.07, 6.45) is 0. The number of hydrogen-bond donors (Lipinski definition) is 2. The predicted octanol–water partition coefficient (Wildman–Crippen LogP) is 0.833. The van der Waals surface area contributed by atoms with Crippen molar-refractivity contribution in [2.45, 2.75) is 13.5 Å². The molecule has 0 saturated carbocycles. The summed E-state index contributed by atoms with van der Waals surface area (Å²) in [4.78, 5) is 14.8. The van der Waals surface area contributed by atoms with Crippen molar-refractivity contribution in [3.63, 3.8) is 0 Å². The van der Waals surface area contributed by atoms with E-state index in [9.17, 15) is 4.79 Å². The van der Waals surface area contributed by atoms with Crippen LogP contribution in [0.1, 0.15) is 22.0 Å². The third-order valence-electron chi connectivity index (χ3n) is 2.27. The Morgan fingerprint density at radius 3 is 2.87 bits per heavy atom. The molecule has 0 bridgehead atoms. The average Bonchev–Trinajstić information content (AvgIpc) is 2.58. The van der Waals surface area contributed by atoms with Crippen molar-refractivity contribution in [2.24, 2.45) is 0 Å². The van der Waals surface area contributed by atoms with Crippen LogP contribution in [0.4, 0.5) is 0 Å². The van der Waals surface area contributed by atoms with Crippen molar-refractivity contribution in [1.82, 2.24) is 9.38 Å².